The molecule has 1 unspecified atom stereocenters. The molecular formula is C12H26N2O. The molecule has 3 nitrogen and oxygen atoms in total. The predicted molar refractivity (Wildman–Crippen MR) is 63.9 cm³/mol. The molecule has 1 aliphatic heterocycles. The summed E-state index contributed by atoms with van der Waals surface area (Å²) in [5, 5.41) is 0. The van der Waals surface area contributed by atoms with Gasteiger partial charge in [0.1, 0.15) is 0 Å². The van der Waals surface area contributed by atoms with Crippen molar-refractivity contribution in [1.29, 1.82) is 0 Å². The second-order valence-electron chi connectivity index (χ2n) is 5.78. The van der Waals surface area contributed by atoms with Crippen LogP contribution in [0.5, 0.6) is 0 Å². The number of hydrogen-bond acceptors (Lipinski definition) is 3. The Bertz CT molecular complexity index is 171. The molecule has 0 saturated carbocycles. The summed E-state index contributed by atoms with van der Waals surface area (Å²) in [5.41, 5.74) is 6.22. The summed E-state index contributed by atoms with van der Waals surface area (Å²) in [6, 6.07) is 0. The number of rotatable bonds is 4. The lowest BCUT2D eigenvalue weighted by molar-refractivity contribution is 0.0283. The lowest BCUT2D eigenvalue weighted by atomic mass is 9.84. The van der Waals surface area contributed by atoms with E-state index in [-0.39, 0.29) is 0 Å². The van der Waals surface area contributed by atoms with Gasteiger partial charge in [0.25, 0.3) is 0 Å². The van der Waals surface area contributed by atoms with Crippen LogP contribution < -0.4 is 5.73 Å². The van der Waals surface area contributed by atoms with Crippen LogP contribution in [0.25, 0.3) is 0 Å². The third kappa shape index (κ3) is 5.50. The minimum atomic E-state index is 0.385. The van der Waals surface area contributed by atoms with Gasteiger partial charge in [0.2, 0.25) is 0 Å². The Morgan fingerprint density at radius 2 is 1.87 bits per heavy atom. The molecule has 1 heterocycles. The van der Waals surface area contributed by atoms with Crippen molar-refractivity contribution in [1.82, 2.24) is 4.90 Å². The molecule has 1 rings (SSSR count). The molecule has 2 N–H and O–H groups in total. The van der Waals surface area contributed by atoms with E-state index >= 15 is 0 Å². The molecule has 3 heteroatoms. The largest absolute Gasteiger partial charge is 0.379 e. The number of morpholine rings is 1. The van der Waals surface area contributed by atoms with Crippen LogP contribution in [0, 0.1) is 11.3 Å². The highest BCUT2D eigenvalue weighted by atomic mass is 16.5. The standard InChI is InChI=1S/C12H26N2O/c1-12(2,3)8-11(9-13)10-14-4-6-15-7-5-14/h11H,4-10,13H2,1-3H3. The molecule has 15 heavy (non-hydrogen) atoms. The van der Waals surface area contributed by atoms with Gasteiger partial charge in [0.05, 0.1) is 13.2 Å². The van der Waals surface area contributed by atoms with Gasteiger partial charge in [0.15, 0.2) is 0 Å². The van der Waals surface area contributed by atoms with E-state index in [2.05, 4.69) is 25.7 Å². The van der Waals surface area contributed by atoms with Crippen molar-refractivity contribution >= 4 is 0 Å². The molecule has 1 saturated heterocycles. The van der Waals surface area contributed by atoms with Crippen molar-refractivity contribution in [2.24, 2.45) is 17.1 Å². The quantitative estimate of drug-likeness (QED) is 0.767. The maximum absolute atomic E-state index is 5.84. The average Bonchev–Trinajstić information content (AvgIpc) is 2.16. The zero-order valence-electron chi connectivity index (χ0n) is 10.5. The Hall–Kier alpha value is -0.120. The molecule has 0 bridgehead atoms. The minimum Gasteiger partial charge on any atom is -0.379 e. The van der Waals surface area contributed by atoms with E-state index in [9.17, 15) is 0 Å². The number of hydrogen-bond donors (Lipinski definition) is 1. The Kier molecular flexibility index (Phi) is 5.03. The van der Waals surface area contributed by atoms with Gasteiger partial charge in [-0.2, -0.15) is 0 Å². The Morgan fingerprint density at radius 1 is 1.27 bits per heavy atom. The van der Waals surface area contributed by atoms with Gasteiger partial charge in [-0.25, -0.2) is 0 Å². The zero-order chi connectivity index (χ0) is 11.3. The van der Waals surface area contributed by atoms with Crippen molar-refractivity contribution in [2.75, 3.05) is 39.4 Å². The normalized spacial score (nSPS) is 21.6. The summed E-state index contributed by atoms with van der Waals surface area (Å²) < 4.78 is 5.34. The van der Waals surface area contributed by atoms with Crippen molar-refractivity contribution in [3.8, 4) is 0 Å². The zero-order valence-corrected chi connectivity index (χ0v) is 10.5. The maximum atomic E-state index is 5.84. The van der Waals surface area contributed by atoms with E-state index in [1.807, 2.05) is 0 Å². The third-order valence-corrected chi connectivity index (χ3v) is 2.85. The van der Waals surface area contributed by atoms with Crippen LogP contribution in [0.2, 0.25) is 0 Å². The lowest BCUT2D eigenvalue weighted by Crippen LogP contribution is -2.41. The smallest absolute Gasteiger partial charge is 0.0594 e. The summed E-state index contributed by atoms with van der Waals surface area (Å²) in [6.07, 6.45) is 1.21. The molecule has 1 aliphatic rings. The molecule has 1 fully saturated rings. The molecule has 0 aromatic carbocycles. The second kappa shape index (κ2) is 5.83. The van der Waals surface area contributed by atoms with Crippen LogP contribution in [-0.2, 0) is 4.74 Å². The summed E-state index contributed by atoms with van der Waals surface area (Å²) in [5.74, 6) is 0.628. The first kappa shape index (κ1) is 12.9. The summed E-state index contributed by atoms with van der Waals surface area (Å²) >= 11 is 0. The molecule has 0 radical (unpaired) electrons. The number of ether oxygens (including phenoxy) is 1. The van der Waals surface area contributed by atoms with Gasteiger partial charge in [-0.15, -0.1) is 0 Å². The molecule has 0 aliphatic carbocycles. The van der Waals surface area contributed by atoms with Gasteiger partial charge in [-0.3, -0.25) is 4.90 Å². The topological polar surface area (TPSA) is 38.5 Å². The Labute approximate surface area is 94.0 Å². The summed E-state index contributed by atoms with van der Waals surface area (Å²) in [6.45, 7) is 12.7. The number of nitrogens with zero attached hydrogens (tertiary/aromatic N) is 1. The van der Waals surface area contributed by atoms with Gasteiger partial charge >= 0.3 is 0 Å². The highest BCUT2D eigenvalue weighted by Crippen LogP contribution is 2.24. The van der Waals surface area contributed by atoms with E-state index in [1.165, 1.54) is 6.42 Å². The van der Waals surface area contributed by atoms with Crippen molar-refractivity contribution < 1.29 is 4.74 Å². The monoisotopic (exact) mass is 214 g/mol. The van der Waals surface area contributed by atoms with Crippen LogP contribution in [0.1, 0.15) is 27.2 Å². The van der Waals surface area contributed by atoms with Gasteiger partial charge in [-0.1, -0.05) is 20.8 Å². The van der Waals surface area contributed by atoms with Crippen LogP contribution in [0.3, 0.4) is 0 Å². The minimum absolute atomic E-state index is 0.385. The lowest BCUT2D eigenvalue weighted by Gasteiger charge is -2.32. The molecule has 0 spiro atoms. The average molecular weight is 214 g/mol. The molecule has 0 aromatic rings. The number of nitrogens with two attached hydrogens (primary N) is 1. The van der Waals surface area contributed by atoms with Crippen molar-refractivity contribution in [3.63, 3.8) is 0 Å². The SMILES string of the molecule is CC(C)(C)CC(CN)CN1CCOCC1. The first-order chi connectivity index (χ1) is 7.01. The molecule has 90 valence electrons. The Balaban J connectivity index is 2.31. The van der Waals surface area contributed by atoms with Gasteiger partial charge in [-0.05, 0) is 24.3 Å². The fourth-order valence-electron chi connectivity index (χ4n) is 2.24. The highest BCUT2D eigenvalue weighted by molar-refractivity contribution is 4.74. The third-order valence-electron chi connectivity index (χ3n) is 2.85. The van der Waals surface area contributed by atoms with E-state index in [1.54, 1.807) is 0 Å². The maximum Gasteiger partial charge on any atom is 0.0594 e. The highest BCUT2D eigenvalue weighted by Gasteiger charge is 2.21. The van der Waals surface area contributed by atoms with E-state index in [0.29, 0.717) is 11.3 Å². The fourth-order valence-corrected chi connectivity index (χ4v) is 2.24. The van der Waals surface area contributed by atoms with Crippen LogP contribution in [-0.4, -0.2) is 44.3 Å². The van der Waals surface area contributed by atoms with E-state index in [4.69, 9.17) is 10.5 Å². The summed E-state index contributed by atoms with van der Waals surface area (Å²) in [4.78, 5) is 2.48. The van der Waals surface area contributed by atoms with E-state index in [0.717, 1.165) is 39.4 Å². The second-order valence-corrected chi connectivity index (χ2v) is 5.78. The van der Waals surface area contributed by atoms with Gasteiger partial charge < -0.3 is 10.5 Å². The predicted octanol–water partition coefficient (Wildman–Crippen LogP) is 1.33. The molecule has 0 aromatic heterocycles. The molecular weight excluding hydrogens is 188 g/mol. The van der Waals surface area contributed by atoms with Gasteiger partial charge in [0, 0.05) is 19.6 Å². The van der Waals surface area contributed by atoms with Crippen molar-refractivity contribution in [3.05, 3.63) is 0 Å². The van der Waals surface area contributed by atoms with Crippen LogP contribution >= 0.6 is 0 Å². The van der Waals surface area contributed by atoms with Crippen molar-refractivity contribution in [2.45, 2.75) is 27.2 Å². The fraction of sp³-hybridized carbons (Fsp3) is 1.00. The van der Waals surface area contributed by atoms with E-state index < -0.39 is 0 Å². The molecule has 1 atom stereocenters. The molecule has 0 amide bonds. The Morgan fingerprint density at radius 3 is 2.33 bits per heavy atom. The first-order valence-electron chi connectivity index (χ1n) is 6.01. The van der Waals surface area contributed by atoms with Crippen LogP contribution in [0.4, 0.5) is 0 Å². The van der Waals surface area contributed by atoms with Crippen LogP contribution in [0.15, 0.2) is 0 Å². The first-order valence-corrected chi connectivity index (χ1v) is 6.01. The summed E-state index contributed by atoms with van der Waals surface area (Å²) in [7, 11) is 0.